The van der Waals surface area contributed by atoms with Crippen molar-refractivity contribution in [2.75, 3.05) is 6.61 Å². The summed E-state index contributed by atoms with van der Waals surface area (Å²) in [6.07, 6.45) is 3.25. The van der Waals surface area contributed by atoms with Gasteiger partial charge in [-0.15, -0.1) is 0 Å². The Morgan fingerprint density at radius 2 is 1.90 bits per heavy atom. The summed E-state index contributed by atoms with van der Waals surface area (Å²) in [7, 11) is 0. The van der Waals surface area contributed by atoms with Crippen LogP contribution in [0, 0.1) is 26.6 Å². The summed E-state index contributed by atoms with van der Waals surface area (Å²) in [5.74, 6) is 0.354. The fourth-order valence-electron chi connectivity index (χ4n) is 3.04. The smallest absolute Gasteiger partial charge is 0.259 e. The molecule has 0 bridgehead atoms. The average molecular weight is 409 g/mol. The normalized spacial score (nSPS) is 10.7. The Kier molecular flexibility index (Phi) is 6.30. The molecule has 0 unspecified atom stereocenters. The molecule has 0 aliphatic heterocycles. The maximum absolute atomic E-state index is 14.0. The molecule has 3 heterocycles. The van der Waals surface area contributed by atoms with E-state index in [0.29, 0.717) is 35.2 Å². The third-order valence-corrected chi connectivity index (χ3v) is 4.54. The second-order valence-electron chi connectivity index (χ2n) is 6.95. The summed E-state index contributed by atoms with van der Waals surface area (Å²) in [5.41, 5.74) is 3.38. The van der Waals surface area contributed by atoms with Gasteiger partial charge in [-0.05, 0) is 51.0 Å². The summed E-state index contributed by atoms with van der Waals surface area (Å²) >= 11 is 0. The second-order valence-corrected chi connectivity index (χ2v) is 6.95. The molecule has 0 spiro atoms. The van der Waals surface area contributed by atoms with Gasteiger partial charge in [0.2, 0.25) is 0 Å². The fraction of sp³-hybridized carbons (Fsp3) is 0.261. The minimum Gasteiger partial charge on any atom is -0.492 e. The molecule has 0 atom stereocenters. The molecular formula is C23H24FN3O3. The number of nitrogens with zero attached hydrogens (tertiary/aromatic N) is 3. The lowest BCUT2D eigenvalue weighted by Crippen LogP contribution is -2.21. The minimum atomic E-state index is -0.436. The van der Waals surface area contributed by atoms with Crippen LogP contribution in [0.2, 0.25) is 0 Å². The van der Waals surface area contributed by atoms with Gasteiger partial charge in [0.05, 0.1) is 12.3 Å². The van der Waals surface area contributed by atoms with Crippen LogP contribution in [0.15, 0.2) is 48.0 Å². The first-order chi connectivity index (χ1) is 14.3. The molecule has 0 saturated heterocycles. The molecule has 0 aliphatic carbocycles. The van der Waals surface area contributed by atoms with Gasteiger partial charge in [-0.1, -0.05) is 6.58 Å². The third-order valence-electron chi connectivity index (χ3n) is 4.54. The van der Waals surface area contributed by atoms with Crippen LogP contribution in [0.3, 0.4) is 0 Å². The molecule has 3 rings (SSSR count). The van der Waals surface area contributed by atoms with Crippen molar-refractivity contribution >= 4 is 5.76 Å². The van der Waals surface area contributed by atoms with Crippen molar-refractivity contribution in [2.24, 2.45) is 0 Å². The number of ether oxygens (including phenoxy) is 2. The molecule has 6 nitrogen and oxygen atoms in total. The van der Waals surface area contributed by atoms with Crippen molar-refractivity contribution < 1.29 is 13.9 Å². The van der Waals surface area contributed by atoms with E-state index >= 15 is 0 Å². The first-order valence-electron chi connectivity index (χ1n) is 9.56. The summed E-state index contributed by atoms with van der Waals surface area (Å²) in [6.45, 7) is 11.6. The number of hydrogen-bond acceptors (Lipinski definition) is 5. The fourth-order valence-corrected chi connectivity index (χ4v) is 3.04. The van der Waals surface area contributed by atoms with Gasteiger partial charge in [0.1, 0.15) is 35.3 Å². The topological polar surface area (TPSA) is 66.2 Å². The van der Waals surface area contributed by atoms with E-state index in [1.165, 1.54) is 12.1 Å². The zero-order valence-electron chi connectivity index (χ0n) is 17.5. The molecule has 0 amide bonds. The lowest BCUT2D eigenvalue weighted by Gasteiger charge is -2.16. The predicted molar refractivity (Wildman–Crippen MR) is 113 cm³/mol. The maximum atomic E-state index is 14.0. The molecule has 0 saturated carbocycles. The molecular weight excluding hydrogens is 385 g/mol. The quantitative estimate of drug-likeness (QED) is 0.545. The summed E-state index contributed by atoms with van der Waals surface area (Å²) in [5, 5.41) is 0. The van der Waals surface area contributed by atoms with E-state index in [9.17, 15) is 9.18 Å². The van der Waals surface area contributed by atoms with Gasteiger partial charge in [0.15, 0.2) is 0 Å². The Bertz CT molecular complexity index is 1150. The maximum Gasteiger partial charge on any atom is 0.259 e. The number of aryl methyl sites for hydroxylation is 3. The summed E-state index contributed by atoms with van der Waals surface area (Å²) in [6, 6.07) is 6.27. The largest absolute Gasteiger partial charge is 0.492 e. The number of halogens is 1. The van der Waals surface area contributed by atoms with Gasteiger partial charge in [0, 0.05) is 30.2 Å². The highest BCUT2D eigenvalue weighted by Crippen LogP contribution is 2.21. The highest BCUT2D eigenvalue weighted by Gasteiger charge is 2.13. The monoisotopic (exact) mass is 409 g/mol. The lowest BCUT2D eigenvalue weighted by atomic mass is 10.2. The van der Waals surface area contributed by atoms with Gasteiger partial charge in [-0.3, -0.25) is 19.3 Å². The van der Waals surface area contributed by atoms with Gasteiger partial charge in [-0.25, -0.2) is 4.39 Å². The molecule has 3 aromatic heterocycles. The van der Waals surface area contributed by atoms with Crippen molar-refractivity contribution in [3.8, 4) is 11.4 Å². The Morgan fingerprint density at radius 1 is 1.13 bits per heavy atom. The molecule has 3 aromatic rings. The summed E-state index contributed by atoms with van der Waals surface area (Å²) < 4.78 is 26.6. The van der Waals surface area contributed by atoms with Crippen molar-refractivity contribution in [1.29, 1.82) is 0 Å². The Labute approximate surface area is 174 Å². The van der Waals surface area contributed by atoms with Crippen LogP contribution in [0.25, 0.3) is 11.4 Å². The van der Waals surface area contributed by atoms with E-state index in [1.807, 2.05) is 13.8 Å². The first kappa shape index (κ1) is 21.2. The molecule has 156 valence electrons. The van der Waals surface area contributed by atoms with Crippen LogP contribution in [-0.2, 0) is 11.3 Å². The molecule has 0 aromatic carbocycles. The highest BCUT2D eigenvalue weighted by atomic mass is 19.1. The van der Waals surface area contributed by atoms with Crippen molar-refractivity contribution in [3.05, 3.63) is 87.6 Å². The van der Waals surface area contributed by atoms with E-state index in [1.54, 1.807) is 42.9 Å². The van der Waals surface area contributed by atoms with Crippen LogP contribution in [0.5, 0.6) is 5.75 Å². The van der Waals surface area contributed by atoms with Crippen molar-refractivity contribution in [1.82, 2.24) is 14.5 Å². The van der Waals surface area contributed by atoms with Gasteiger partial charge < -0.3 is 9.47 Å². The molecule has 0 fully saturated rings. The Morgan fingerprint density at radius 3 is 2.57 bits per heavy atom. The number of aromatic nitrogens is 3. The molecule has 7 heteroatoms. The first-order valence-corrected chi connectivity index (χ1v) is 9.56. The zero-order chi connectivity index (χ0) is 21.8. The van der Waals surface area contributed by atoms with E-state index in [2.05, 4.69) is 16.5 Å². The molecule has 0 aliphatic rings. The lowest BCUT2D eigenvalue weighted by molar-refractivity contribution is 0.293. The van der Waals surface area contributed by atoms with Gasteiger partial charge in [0.25, 0.3) is 5.56 Å². The van der Waals surface area contributed by atoms with E-state index in [-0.39, 0.29) is 17.9 Å². The average Bonchev–Trinajstić information content (AvgIpc) is 2.68. The standard InChI is InChI=1S/C23H24FN3O3/c1-6-29-17(5)20-10-22(15(3)12-26-20)27-16(4)8-18(9-23(27)28)30-13-21-19(24)7-14(2)11-25-21/h7-12H,5-6,13H2,1-4H3. The number of pyridine rings is 3. The van der Waals surface area contributed by atoms with Crippen molar-refractivity contribution in [3.63, 3.8) is 0 Å². The SMILES string of the molecule is C=C(OCC)c1cc(-n2c(C)cc(OCc3ncc(C)cc3F)cc2=O)c(C)cn1. The molecule has 0 N–H and O–H groups in total. The van der Waals surface area contributed by atoms with Crippen molar-refractivity contribution in [2.45, 2.75) is 34.3 Å². The number of hydrogen-bond donors (Lipinski definition) is 0. The van der Waals surface area contributed by atoms with Crippen LogP contribution < -0.4 is 10.3 Å². The molecule has 0 radical (unpaired) electrons. The molecule has 30 heavy (non-hydrogen) atoms. The minimum absolute atomic E-state index is 0.0678. The van der Waals surface area contributed by atoms with Crippen LogP contribution in [-0.4, -0.2) is 21.1 Å². The van der Waals surface area contributed by atoms with Gasteiger partial charge in [-0.2, -0.15) is 0 Å². The van der Waals surface area contributed by atoms with E-state index < -0.39 is 5.82 Å². The van der Waals surface area contributed by atoms with Gasteiger partial charge >= 0.3 is 0 Å². The highest BCUT2D eigenvalue weighted by molar-refractivity contribution is 5.58. The predicted octanol–water partition coefficient (Wildman–Crippen LogP) is 4.28. The second kappa shape index (κ2) is 8.90. The van der Waals surface area contributed by atoms with E-state index in [0.717, 1.165) is 11.1 Å². The summed E-state index contributed by atoms with van der Waals surface area (Å²) in [4.78, 5) is 21.2. The van der Waals surface area contributed by atoms with E-state index in [4.69, 9.17) is 9.47 Å². The third kappa shape index (κ3) is 4.56. The Hall–Kier alpha value is -3.48. The van der Waals surface area contributed by atoms with Crippen LogP contribution in [0.1, 0.15) is 35.1 Å². The van der Waals surface area contributed by atoms with Crippen LogP contribution in [0.4, 0.5) is 4.39 Å². The number of rotatable bonds is 7. The Balaban J connectivity index is 1.91. The van der Waals surface area contributed by atoms with Crippen LogP contribution >= 0.6 is 0 Å². The zero-order valence-corrected chi connectivity index (χ0v) is 17.5.